The molecule has 23 heavy (non-hydrogen) atoms. The van der Waals surface area contributed by atoms with Gasteiger partial charge in [-0.1, -0.05) is 13.8 Å². The number of likely N-dealkylation sites (N-methyl/N-ethyl adjacent to an activating group) is 1. The summed E-state index contributed by atoms with van der Waals surface area (Å²) in [6.07, 6.45) is 4.29. The van der Waals surface area contributed by atoms with E-state index < -0.39 is 0 Å². The molecule has 0 aromatic carbocycles. The van der Waals surface area contributed by atoms with Gasteiger partial charge in [0.05, 0.1) is 31.0 Å². The lowest BCUT2D eigenvalue weighted by atomic mass is 10.1. The molecule has 0 fully saturated rings. The van der Waals surface area contributed by atoms with E-state index in [2.05, 4.69) is 33.7 Å². The number of hydrogen-bond acceptors (Lipinski definition) is 4. The van der Waals surface area contributed by atoms with Gasteiger partial charge < -0.3 is 14.4 Å². The highest BCUT2D eigenvalue weighted by Crippen LogP contribution is 2.23. The van der Waals surface area contributed by atoms with Crippen LogP contribution < -0.4 is 0 Å². The number of amides is 1. The average Bonchev–Trinajstić information content (AvgIpc) is 3.23. The fraction of sp³-hybridized carbons (Fsp3) is 0.529. The number of thiophene rings is 1. The van der Waals surface area contributed by atoms with Crippen molar-refractivity contribution in [1.82, 2.24) is 19.4 Å². The fourth-order valence-electron chi connectivity index (χ4n) is 3.18. The van der Waals surface area contributed by atoms with Crippen LogP contribution in [0.5, 0.6) is 0 Å². The normalized spacial score (nSPS) is 17.5. The SMILES string of the molecule is CCN(CC)C[C@@H]1CN(C(=O)Cc2ccsc2)Cc2cncn21. The van der Waals surface area contributed by atoms with Crippen molar-refractivity contribution in [3.05, 3.63) is 40.6 Å². The smallest absolute Gasteiger partial charge is 0.227 e. The second-order valence-corrected chi connectivity index (χ2v) is 6.79. The number of nitrogens with zero attached hydrogens (tertiary/aromatic N) is 4. The van der Waals surface area contributed by atoms with E-state index >= 15 is 0 Å². The van der Waals surface area contributed by atoms with Crippen molar-refractivity contribution in [2.45, 2.75) is 32.9 Å². The van der Waals surface area contributed by atoms with E-state index in [0.717, 1.165) is 37.4 Å². The first-order valence-electron chi connectivity index (χ1n) is 8.23. The average molecular weight is 332 g/mol. The number of carbonyl (C=O) groups is 1. The number of aromatic nitrogens is 2. The molecule has 6 heteroatoms. The predicted molar refractivity (Wildman–Crippen MR) is 92.5 cm³/mol. The van der Waals surface area contributed by atoms with Gasteiger partial charge in [-0.3, -0.25) is 4.79 Å². The van der Waals surface area contributed by atoms with E-state index in [4.69, 9.17) is 0 Å². The maximum atomic E-state index is 12.7. The third kappa shape index (κ3) is 3.64. The van der Waals surface area contributed by atoms with Gasteiger partial charge in [-0.15, -0.1) is 0 Å². The Balaban J connectivity index is 1.73. The summed E-state index contributed by atoms with van der Waals surface area (Å²) >= 11 is 1.64. The van der Waals surface area contributed by atoms with E-state index in [0.29, 0.717) is 13.0 Å². The van der Waals surface area contributed by atoms with Gasteiger partial charge in [-0.25, -0.2) is 4.98 Å². The third-order valence-electron chi connectivity index (χ3n) is 4.58. The van der Waals surface area contributed by atoms with Gasteiger partial charge in [0, 0.05) is 19.3 Å². The molecule has 0 spiro atoms. The molecule has 3 rings (SSSR count). The van der Waals surface area contributed by atoms with E-state index in [9.17, 15) is 4.79 Å². The van der Waals surface area contributed by atoms with Gasteiger partial charge in [0.15, 0.2) is 0 Å². The van der Waals surface area contributed by atoms with Gasteiger partial charge in [-0.05, 0) is 35.5 Å². The minimum absolute atomic E-state index is 0.209. The Morgan fingerprint density at radius 1 is 1.43 bits per heavy atom. The van der Waals surface area contributed by atoms with Crippen molar-refractivity contribution in [1.29, 1.82) is 0 Å². The molecular weight excluding hydrogens is 308 g/mol. The van der Waals surface area contributed by atoms with E-state index in [1.54, 1.807) is 11.3 Å². The minimum atomic E-state index is 0.209. The summed E-state index contributed by atoms with van der Waals surface area (Å²) in [5.41, 5.74) is 2.24. The molecule has 0 N–H and O–H groups in total. The Labute approximate surface area is 141 Å². The quantitative estimate of drug-likeness (QED) is 0.816. The highest BCUT2D eigenvalue weighted by Gasteiger charge is 2.28. The standard InChI is InChI=1S/C17H24N4OS/c1-3-19(4-2)9-16-11-20(10-15-8-18-13-21(15)16)17(22)7-14-5-6-23-12-14/h5-6,8,12-13,16H,3-4,7,9-11H2,1-2H3/t16-/m1/s1. The molecule has 1 amide bonds. The van der Waals surface area contributed by atoms with E-state index in [1.165, 1.54) is 0 Å². The summed E-state index contributed by atoms with van der Waals surface area (Å²) in [5, 5.41) is 4.08. The van der Waals surface area contributed by atoms with E-state index in [-0.39, 0.29) is 11.9 Å². The zero-order valence-corrected chi connectivity index (χ0v) is 14.6. The largest absolute Gasteiger partial charge is 0.334 e. The zero-order chi connectivity index (χ0) is 16.2. The van der Waals surface area contributed by atoms with Crippen LogP contribution in [0.25, 0.3) is 0 Å². The van der Waals surface area contributed by atoms with Crippen LogP contribution in [0.3, 0.4) is 0 Å². The fourth-order valence-corrected chi connectivity index (χ4v) is 3.85. The van der Waals surface area contributed by atoms with Crippen molar-refractivity contribution in [2.24, 2.45) is 0 Å². The zero-order valence-electron chi connectivity index (χ0n) is 13.8. The Morgan fingerprint density at radius 3 is 2.96 bits per heavy atom. The second kappa shape index (κ2) is 7.27. The molecule has 2 aromatic heterocycles. The molecule has 0 saturated heterocycles. The summed E-state index contributed by atoms with van der Waals surface area (Å²) in [6, 6.07) is 2.32. The van der Waals surface area contributed by atoms with Gasteiger partial charge in [-0.2, -0.15) is 11.3 Å². The topological polar surface area (TPSA) is 41.4 Å². The first-order valence-corrected chi connectivity index (χ1v) is 9.17. The monoisotopic (exact) mass is 332 g/mol. The summed E-state index contributed by atoms with van der Waals surface area (Å²) in [5.74, 6) is 0.209. The lowest BCUT2D eigenvalue weighted by Gasteiger charge is -2.36. The Hall–Kier alpha value is -1.66. The van der Waals surface area contributed by atoms with Gasteiger partial charge in [0.2, 0.25) is 5.91 Å². The molecule has 0 aliphatic carbocycles. The van der Waals surface area contributed by atoms with Gasteiger partial charge >= 0.3 is 0 Å². The molecule has 124 valence electrons. The predicted octanol–water partition coefficient (Wildman–Crippen LogP) is 2.41. The van der Waals surface area contributed by atoms with E-state index in [1.807, 2.05) is 28.9 Å². The third-order valence-corrected chi connectivity index (χ3v) is 5.31. The summed E-state index contributed by atoms with van der Waals surface area (Å²) in [4.78, 5) is 21.3. The van der Waals surface area contributed by atoms with Crippen molar-refractivity contribution >= 4 is 17.2 Å². The lowest BCUT2D eigenvalue weighted by Crippen LogP contribution is -2.45. The molecule has 1 aliphatic rings. The molecule has 0 unspecified atom stereocenters. The Morgan fingerprint density at radius 2 is 2.26 bits per heavy atom. The first-order chi connectivity index (χ1) is 11.2. The number of rotatable bonds is 6. The Kier molecular flexibility index (Phi) is 5.13. The lowest BCUT2D eigenvalue weighted by molar-refractivity contribution is -0.132. The van der Waals surface area contributed by atoms with Gasteiger partial charge in [0.1, 0.15) is 0 Å². The summed E-state index contributed by atoms with van der Waals surface area (Å²) in [6.45, 7) is 8.81. The van der Waals surface area contributed by atoms with Crippen molar-refractivity contribution in [2.75, 3.05) is 26.2 Å². The van der Waals surface area contributed by atoms with Gasteiger partial charge in [0.25, 0.3) is 0 Å². The highest BCUT2D eigenvalue weighted by molar-refractivity contribution is 7.07. The molecule has 0 saturated carbocycles. The molecule has 1 atom stereocenters. The summed E-state index contributed by atoms with van der Waals surface area (Å²) < 4.78 is 2.24. The summed E-state index contributed by atoms with van der Waals surface area (Å²) in [7, 11) is 0. The second-order valence-electron chi connectivity index (χ2n) is 6.01. The molecule has 2 aromatic rings. The van der Waals surface area contributed by atoms with Crippen LogP contribution in [0, 0.1) is 0 Å². The number of hydrogen-bond donors (Lipinski definition) is 0. The highest BCUT2D eigenvalue weighted by atomic mass is 32.1. The maximum Gasteiger partial charge on any atom is 0.227 e. The van der Waals surface area contributed by atoms with Crippen LogP contribution in [-0.4, -0.2) is 51.4 Å². The number of carbonyl (C=O) groups excluding carboxylic acids is 1. The first kappa shape index (κ1) is 16.2. The molecule has 0 radical (unpaired) electrons. The number of fused-ring (bicyclic) bond motifs is 1. The Bertz CT molecular complexity index is 633. The molecule has 0 bridgehead atoms. The van der Waals surface area contributed by atoms with Crippen molar-refractivity contribution in [3.8, 4) is 0 Å². The van der Waals surface area contributed by atoms with Crippen LogP contribution in [0.1, 0.15) is 31.1 Å². The molecule has 5 nitrogen and oxygen atoms in total. The van der Waals surface area contributed by atoms with Crippen LogP contribution >= 0.6 is 11.3 Å². The minimum Gasteiger partial charge on any atom is -0.334 e. The van der Waals surface area contributed by atoms with Crippen LogP contribution in [0.2, 0.25) is 0 Å². The van der Waals surface area contributed by atoms with Crippen molar-refractivity contribution < 1.29 is 4.79 Å². The maximum absolute atomic E-state index is 12.7. The van der Waals surface area contributed by atoms with Crippen LogP contribution in [0.15, 0.2) is 29.4 Å². The molecule has 1 aliphatic heterocycles. The van der Waals surface area contributed by atoms with Crippen LogP contribution in [0.4, 0.5) is 0 Å². The number of imidazole rings is 1. The van der Waals surface area contributed by atoms with Crippen molar-refractivity contribution in [3.63, 3.8) is 0 Å². The van der Waals surface area contributed by atoms with Crippen LogP contribution in [-0.2, 0) is 17.8 Å². The molecular formula is C17H24N4OS. The molecule has 3 heterocycles.